The number of hydrogen-bond acceptors (Lipinski definition) is 4. The summed E-state index contributed by atoms with van der Waals surface area (Å²) in [6.45, 7) is 0. The van der Waals surface area contributed by atoms with Crippen LogP contribution in [0, 0.1) is 11.8 Å². The van der Waals surface area contributed by atoms with Crippen molar-refractivity contribution in [1.29, 1.82) is 0 Å². The summed E-state index contributed by atoms with van der Waals surface area (Å²) in [4.78, 5) is 14.1. The first-order valence-corrected chi connectivity index (χ1v) is 12.8. The Balaban J connectivity index is 1.59. The third kappa shape index (κ3) is 4.40. The Kier molecular flexibility index (Phi) is 6.42. The maximum Gasteiger partial charge on any atom is 0.228 e. The van der Waals surface area contributed by atoms with Crippen LogP contribution in [0.2, 0.25) is 5.02 Å². The van der Waals surface area contributed by atoms with Gasteiger partial charge in [0, 0.05) is 17.1 Å². The van der Waals surface area contributed by atoms with Gasteiger partial charge < -0.3 is 20.7 Å². The normalized spacial score (nSPS) is 23.9. The number of hydrogen-bond donors (Lipinski definition) is 3. The molecule has 0 saturated heterocycles. The zero-order valence-electron chi connectivity index (χ0n) is 19.3. The molecule has 1 amide bonds. The maximum atomic E-state index is 14.1. The minimum Gasteiger partial charge on any atom is -0.497 e. The number of nitrogens with one attached hydrogen (secondary N) is 3. The average Bonchev–Trinajstić information content (AvgIpc) is 3.47. The summed E-state index contributed by atoms with van der Waals surface area (Å²) in [6.07, 6.45) is 10.3. The zero-order valence-corrected chi connectivity index (χ0v) is 20.1. The van der Waals surface area contributed by atoms with Crippen molar-refractivity contribution in [3.63, 3.8) is 0 Å². The highest BCUT2D eigenvalue weighted by atomic mass is 35.5. The number of amides is 1. The molecule has 0 spiro atoms. The molecule has 2 fully saturated rings. The van der Waals surface area contributed by atoms with Crippen LogP contribution < -0.4 is 20.7 Å². The Labute approximate surface area is 201 Å². The smallest absolute Gasteiger partial charge is 0.228 e. The summed E-state index contributed by atoms with van der Waals surface area (Å²) in [5.41, 5.74) is 2.14. The van der Waals surface area contributed by atoms with Crippen LogP contribution in [0.25, 0.3) is 0 Å². The minimum absolute atomic E-state index is 0.147. The van der Waals surface area contributed by atoms with Gasteiger partial charge >= 0.3 is 0 Å². The molecule has 0 bridgehead atoms. The fourth-order valence-corrected chi connectivity index (χ4v) is 6.32. The number of anilines is 2. The van der Waals surface area contributed by atoms with Gasteiger partial charge in [-0.3, -0.25) is 4.79 Å². The first-order valence-electron chi connectivity index (χ1n) is 12.4. The lowest BCUT2D eigenvalue weighted by Gasteiger charge is -2.43. The van der Waals surface area contributed by atoms with Crippen molar-refractivity contribution in [3.05, 3.63) is 53.1 Å². The number of fused-ring (bicyclic) bond motifs is 1. The number of rotatable bonds is 6. The lowest BCUT2D eigenvalue weighted by molar-refractivity contribution is -0.130. The van der Waals surface area contributed by atoms with Gasteiger partial charge in [-0.2, -0.15) is 0 Å². The second-order valence-electron chi connectivity index (χ2n) is 9.85. The minimum atomic E-state index is -0.774. The number of benzene rings is 2. The molecule has 2 unspecified atom stereocenters. The van der Waals surface area contributed by atoms with E-state index in [1.807, 2.05) is 36.4 Å². The highest BCUT2D eigenvalue weighted by Gasteiger charge is 2.52. The molecule has 2 aromatic carbocycles. The second-order valence-corrected chi connectivity index (χ2v) is 10.3. The molecular weight excluding hydrogens is 434 g/mol. The number of carbonyl (C=O) groups is 1. The lowest BCUT2D eigenvalue weighted by atomic mass is 9.71. The summed E-state index contributed by atoms with van der Waals surface area (Å²) in [7, 11) is 1.67. The van der Waals surface area contributed by atoms with E-state index in [1.54, 1.807) is 7.11 Å². The summed E-state index contributed by atoms with van der Waals surface area (Å²) < 4.78 is 5.48. The fraction of sp³-hybridized carbons (Fsp3) is 0.519. The van der Waals surface area contributed by atoms with E-state index in [2.05, 4.69) is 22.0 Å². The monoisotopic (exact) mass is 467 g/mol. The summed E-state index contributed by atoms with van der Waals surface area (Å²) in [5, 5.41) is 11.6. The number of halogens is 1. The van der Waals surface area contributed by atoms with Crippen LogP contribution in [-0.4, -0.2) is 19.1 Å². The SMILES string of the molecule is COc1ccc2c(c1)NC(c1cccc(Cl)c1)(C(C(=O)NC1CCCC1)C1CCCCC1)N2. The van der Waals surface area contributed by atoms with Gasteiger partial charge in [-0.25, -0.2) is 0 Å². The molecule has 2 aliphatic carbocycles. The van der Waals surface area contributed by atoms with Gasteiger partial charge in [-0.1, -0.05) is 55.8 Å². The van der Waals surface area contributed by atoms with Crippen LogP contribution in [-0.2, 0) is 10.5 Å². The molecule has 5 rings (SSSR count). The number of carbonyl (C=O) groups excluding carboxylic acids is 1. The Morgan fingerprint density at radius 1 is 1.00 bits per heavy atom. The summed E-state index contributed by atoms with van der Waals surface area (Å²) in [6, 6.07) is 14.2. The average molecular weight is 468 g/mol. The van der Waals surface area contributed by atoms with Crippen molar-refractivity contribution >= 4 is 28.9 Å². The van der Waals surface area contributed by atoms with E-state index in [0.29, 0.717) is 5.02 Å². The van der Waals surface area contributed by atoms with Gasteiger partial charge in [0.1, 0.15) is 11.4 Å². The third-order valence-corrected chi connectivity index (χ3v) is 7.98. The number of ether oxygens (including phenoxy) is 1. The molecule has 1 aliphatic heterocycles. The Morgan fingerprint density at radius 2 is 1.73 bits per heavy atom. The molecule has 5 nitrogen and oxygen atoms in total. The van der Waals surface area contributed by atoms with Crippen molar-refractivity contribution in [1.82, 2.24) is 5.32 Å². The molecule has 3 N–H and O–H groups in total. The topological polar surface area (TPSA) is 62.4 Å². The highest BCUT2D eigenvalue weighted by molar-refractivity contribution is 6.30. The molecular formula is C27H34ClN3O2. The quantitative estimate of drug-likeness (QED) is 0.466. The molecule has 2 aromatic rings. The molecule has 0 radical (unpaired) electrons. The van der Waals surface area contributed by atoms with E-state index in [4.69, 9.17) is 16.3 Å². The van der Waals surface area contributed by atoms with E-state index in [0.717, 1.165) is 48.4 Å². The first-order chi connectivity index (χ1) is 16.1. The van der Waals surface area contributed by atoms with Crippen molar-refractivity contribution < 1.29 is 9.53 Å². The van der Waals surface area contributed by atoms with Gasteiger partial charge in [0.05, 0.1) is 24.4 Å². The van der Waals surface area contributed by atoms with Crippen molar-refractivity contribution in [2.24, 2.45) is 11.8 Å². The number of methoxy groups -OCH3 is 1. The van der Waals surface area contributed by atoms with Crippen LogP contribution in [0.4, 0.5) is 11.4 Å². The van der Waals surface area contributed by atoms with Crippen LogP contribution in [0.1, 0.15) is 63.4 Å². The second kappa shape index (κ2) is 9.46. The predicted molar refractivity (Wildman–Crippen MR) is 134 cm³/mol. The predicted octanol–water partition coefficient (Wildman–Crippen LogP) is 6.29. The molecule has 33 heavy (non-hydrogen) atoms. The Morgan fingerprint density at radius 3 is 2.45 bits per heavy atom. The van der Waals surface area contributed by atoms with Gasteiger partial charge in [-0.15, -0.1) is 0 Å². The van der Waals surface area contributed by atoms with Gasteiger partial charge in [0.2, 0.25) is 5.91 Å². The van der Waals surface area contributed by atoms with E-state index in [9.17, 15) is 4.79 Å². The fourth-order valence-electron chi connectivity index (χ4n) is 6.12. The Bertz CT molecular complexity index is 1000. The van der Waals surface area contributed by atoms with Crippen LogP contribution in [0.15, 0.2) is 42.5 Å². The van der Waals surface area contributed by atoms with Crippen molar-refractivity contribution in [2.75, 3.05) is 17.7 Å². The molecule has 3 aliphatic rings. The summed E-state index contributed by atoms with van der Waals surface area (Å²) in [5.74, 6) is 0.953. The van der Waals surface area contributed by atoms with Crippen molar-refractivity contribution in [3.8, 4) is 5.75 Å². The van der Waals surface area contributed by atoms with E-state index in [-0.39, 0.29) is 23.8 Å². The van der Waals surface area contributed by atoms with Gasteiger partial charge in [0.25, 0.3) is 0 Å². The molecule has 6 heteroatoms. The third-order valence-electron chi connectivity index (χ3n) is 7.74. The van der Waals surface area contributed by atoms with E-state index >= 15 is 0 Å². The van der Waals surface area contributed by atoms with Crippen molar-refractivity contribution in [2.45, 2.75) is 69.5 Å². The standard InChI is InChI=1S/C27H34ClN3O2/c1-33-22-14-15-23-24(17-22)31-27(30-23,19-10-7-11-20(28)16-19)25(18-8-3-2-4-9-18)26(32)29-21-12-5-6-13-21/h7,10-11,14-18,21,25,30-31H,2-6,8-9,12-13H2,1H3,(H,29,32). The van der Waals surface area contributed by atoms with Crippen LogP contribution >= 0.6 is 11.6 Å². The van der Waals surface area contributed by atoms with Crippen LogP contribution in [0.3, 0.4) is 0 Å². The molecule has 176 valence electrons. The Hall–Kier alpha value is -2.40. The molecule has 0 aromatic heterocycles. The molecule has 1 heterocycles. The van der Waals surface area contributed by atoms with E-state index in [1.165, 1.54) is 32.1 Å². The largest absolute Gasteiger partial charge is 0.497 e. The molecule has 2 saturated carbocycles. The van der Waals surface area contributed by atoms with Gasteiger partial charge in [0.15, 0.2) is 0 Å². The van der Waals surface area contributed by atoms with Gasteiger partial charge in [-0.05, 0) is 61.4 Å². The first kappa shape index (κ1) is 22.4. The maximum absolute atomic E-state index is 14.1. The molecule has 2 atom stereocenters. The highest BCUT2D eigenvalue weighted by Crippen LogP contribution is 2.50. The summed E-state index contributed by atoms with van der Waals surface area (Å²) >= 11 is 6.48. The van der Waals surface area contributed by atoms with Crippen LogP contribution in [0.5, 0.6) is 5.75 Å². The lowest BCUT2D eigenvalue weighted by Crippen LogP contribution is -2.56. The van der Waals surface area contributed by atoms with E-state index < -0.39 is 5.66 Å². The zero-order chi connectivity index (χ0) is 22.8.